The number of aryl methyl sites for hydroxylation is 1. The van der Waals surface area contributed by atoms with Crippen LogP contribution in [0.15, 0.2) is 10.5 Å². The van der Waals surface area contributed by atoms with E-state index in [1.807, 2.05) is 11.8 Å². The number of piperidine rings is 1. The Bertz CT molecular complexity index is 626. The van der Waals surface area contributed by atoms with Crippen LogP contribution in [0, 0.1) is 13.8 Å². The Balaban J connectivity index is 1.62. The van der Waals surface area contributed by atoms with E-state index in [4.69, 9.17) is 0 Å². The van der Waals surface area contributed by atoms with Crippen molar-refractivity contribution in [2.75, 3.05) is 25.4 Å². The number of hydrogen-bond donors (Lipinski definition) is 0. The first-order valence-corrected chi connectivity index (χ1v) is 9.83. The van der Waals surface area contributed by atoms with Gasteiger partial charge >= 0.3 is 0 Å². The zero-order valence-electron chi connectivity index (χ0n) is 13.6. The standard InChI is InChI=1S/C16H24N4S2/c1-12-13(2)22-11-14(12)15-17-18-16(19(15)3)21-10-9-20-7-5-4-6-8-20/h11H,4-10H2,1-3H3. The number of aromatic nitrogens is 3. The first-order chi connectivity index (χ1) is 10.7. The summed E-state index contributed by atoms with van der Waals surface area (Å²) in [6.45, 7) is 8.01. The van der Waals surface area contributed by atoms with E-state index in [1.54, 1.807) is 11.3 Å². The van der Waals surface area contributed by atoms with E-state index in [0.29, 0.717) is 0 Å². The molecule has 0 radical (unpaired) electrons. The van der Waals surface area contributed by atoms with Crippen molar-refractivity contribution in [3.8, 4) is 11.4 Å². The molecule has 0 atom stereocenters. The Kier molecular flexibility index (Phi) is 5.21. The van der Waals surface area contributed by atoms with Crippen molar-refractivity contribution in [2.24, 2.45) is 7.05 Å². The number of rotatable bonds is 5. The predicted octanol–water partition coefficient (Wildman–Crippen LogP) is 3.74. The Morgan fingerprint density at radius 1 is 1.18 bits per heavy atom. The van der Waals surface area contributed by atoms with Gasteiger partial charge in [-0.1, -0.05) is 18.2 Å². The van der Waals surface area contributed by atoms with Crippen LogP contribution in [-0.2, 0) is 7.05 Å². The third kappa shape index (κ3) is 3.39. The second kappa shape index (κ2) is 7.15. The quantitative estimate of drug-likeness (QED) is 0.779. The van der Waals surface area contributed by atoms with Crippen LogP contribution in [0.25, 0.3) is 11.4 Å². The van der Waals surface area contributed by atoms with Crippen molar-refractivity contribution in [1.29, 1.82) is 0 Å². The van der Waals surface area contributed by atoms with Crippen LogP contribution in [0.3, 0.4) is 0 Å². The highest BCUT2D eigenvalue weighted by Crippen LogP contribution is 2.30. The van der Waals surface area contributed by atoms with E-state index in [1.165, 1.54) is 48.4 Å². The van der Waals surface area contributed by atoms with Crippen molar-refractivity contribution >= 4 is 23.1 Å². The van der Waals surface area contributed by atoms with Gasteiger partial charge in [-0.2, -0.15) is 0 Å². The van der Waals surface area contributed by atoms with Gasteiger partial charge < -0.3 is 9.47 Å². The molecule has 22 heavy (non-hydrogen) atoms. The summed E-state index contributed by atoms with van der Waals surface area (Å²) in [6.07, 6.45) is 4.11. The molecule has 3 heterocycles. The summed E-state index contributed by atoms with van der Waals surface area (Å²) in [6, 6.07) is 0. The van der Waals surface area contributed by atoms with Crippen LogP contribution in [0.2, 0.25) is 0 Å². The topological polar surface area (TPSA) is 34.0 Å². The summed E-state index contributed by atoms with van der Waals surface area (Å²) in [5.74, 6) is 2.08. The lowest BCUT2D eigenvalue weighted by molar-refractivity contribution is 0.242. The van der Waals surface area contributed by atoms with Gasteiger partial charge in [-0.25, -0.2) is 0 Å². The van der Waals surface area contributed by atoms with E-state index in [-0.39, 0.29) is 0 Å². The molecule has 0 saturated carbocycles. The molecule has 0 aliphatic carbocycles. The van der Waals surface area contributed by atoms with E-state index in [9.17, 15) is 0 Å². The highest BCUT2D eigenvalue weighted by Gasteiger charge is 2.16. The fourth-order valence-electron chi connectivity index (χ4n) is 2.86. The maximum absolute atomic E-state index is 4.41. The van der Waals surface area contributed by atoms with Crippen LogP contribution in [0.1, 0.15) is 29.7 Å². The van der Waals surface area contributed by atoms with Gasteiger partial charge in [-0.05, 0) is 45.3 Å². The lowest BCUT2D eigenvalue weighted by Gasteiger charge is -2.25. The lowest BCUT2D eigenvalue weighted by Crippen LogP contribution is -2.31. The molecule has 1 saturated heterocycles. The van der Waals surface area contributed by atoms with Crippen LogP contribution >= 0.6 is 23.1 Å². The van der Waals surface area contributed by atoms with Crippen LogP contribution in [0.5, 0.6) is 0 Å². The third-order valence-electron chi connectivity index (χ3n) is 4.45. The fourth-order valence-corrected chi connectivity index (χ4v) is 4.63. The zero-order chi connectivity index (χ0) is 15.5. The lowest BCUT2D eigenvalue weighted by atomic mass is 10.1. The van der Waals surface area contributed by atoms with Crippen LogP contribution in [0.4, 0.5) is 0 Å². The molecular formula is C16H24N4S2. The van der Waals surface area contributed by atoms with Crippen molar-refractivity contribution in [1.82, 2.24) is 19.7 Å². The minimum Gasteiger partial charge on any atom is -0.305 e. The van der Waals surface area contributed by atoms with Crippen LogP contribution in [-0.4, -0.2) is 45.1 Å². The van der Waals surface area contributed by atoms with Gasteiger partial charge in [-0.15, -0.1) is 21.5 Å². The van der Waals surface area contributed by atoms with Crippen molar-refractivity contribution in [3.05, 3.63) is 15.8 Å². The molecule has 0 N–H and O–H groups in total. The van der Waals surface area contributed by atoms with Crippen molar-refractivity contribution in [2.45, 2.75) is 38.3 Å². The number of thiophene rings is 1. The molecule has 4 nitrogen and oxygen atoms in total. The molecule has 6 heteroatoms. The number of hydrogen-bond acceptors (Lipinski definition) is 5. The summed E-state index contributed by atoms with van der Waals surface area (Å²) in [5, 5.41) is 12.0. The van der Waals surface area contributed by atoms with Gasteiger partial charge in [0, 0.05) is 35.2 Å². The molecule has 120 valence electrons. The zero-order valence-corrected chi connectivity index (χ0v) is 15.3. The number of thioether (sulfide) groups is 1. The molecule has 3 rings (SSSR count). The molecule has 1 aliphatic heterocycles. The maximum atomic E-state index is 4.41. The second-order valence-electron chi connectivity index (χ2n) is 5.95. The molecule has 1 aliphatic rings. The summed E-state index contributed by atoms with van der Waals surface area (Å²) in [4.78, 5) is 3.93. The summed E-state index contributed by atoms with van der Waals surface area (Å²) >= 11 is 3.61. The summed E-state index contributed by atoms with van der Waals surface area (Å²) in [5.41, 5.74) is 2.55. The second-order valence-corrected chi connectivity index (χ2v) is 8.09. The van der Waals surface area contributed by atoms with Gasteiger partial charge in [0.2, 0.25) is 0 Å². The van der Waals surface area contributed by atoms with Crippen LogP contribution < -0.4 is 0 Å². The fraction of sp³-hybridized carbons (Fsp3) is 0.625. The molecule has 1 fully saturated rings. The largest absolute Gasteiger partial charge is 0.305 e. The number of nitrogens with zero attached hydrogens (tertiary/aromatic N) is 4. The van der Waals surface area contributed by atoms with E-state index in [0.717, 1.165) is 23.3 Å². The maximum Gasteiger partial charge on any atom is 0.191 e. The Hall–Kier alpha value is -0.850. The normalized spacial score (nSPS) is 16.3. The highest BCUT2D eigenvalue weighted by molar-refractivity contribution is 7.99. The molecular weight excluding hydrogens is 312 g/mol. The smallest absolute Gasteiger partial charge is 0.191 e. The predicted molar refractivity (Wildman–Crippen MR) is 94.8 cm³/mol. The molecule has 2 aromatic rings. The van der Waals surface area contributed by atoms with E-state index >= 15 is 0 Å². The van der Waals surface area contributed by atoms with Crippen molar-refractivity contribution in [3.63, 3.8) is 0 Å². The molecule has 0 amide bonds. The Morgan fingerprint density at radius 2 is 1.95 bits per heavy atom. The number of likely N-dealkylation sites (tertiary alicyclic amines) is 1. The highest BCUT2D eigenvalue weighted by atomic mass is 32.2. The average molecular weight is 337 g/mol. The Morgan fingerprint density at radius 3 is 2.64 bits per heavy atom. The summed E-state index contributed by atoms with van der Waals surface area (Å²) in [7, 11) is 2.07. The Labute approximate surface area is 140 Å². The van der Waals surface area contributed by atoms with E-state index < -0.39 is 0 Å². The molecule has 0 aromatic carbocycles. The van der Waals surface area contributed by atoms with Gasteiger partial charge in [0.1, 0.15) is 0 Å². The summed E-state index contributed by atoms with van der Waals surface area (Å²) < 4.78 is 2.13. The molecule has 2 aromatic heterocycles. The molecule has 0 unspecified atom stereocenters. The van der Waals surface area contributed by atoms with Gasteiger partial charge in [0.25, 0.3) is 0 Å². The van der Waals surface area contributed by atoms with Gasteiger partial charge in [-0.3, -0.25) is 0 Å². The molecule has 0 spiro atoms. The van der Waals surface area contributed by atoms with Gasteiger partial charge in [0.15, 0.2) is 11.0 Å². The molecule has 0 bridgehead atoms. The van der Waals surface area contributed by atoms with Crippen molar-refractivity contribution < 1.29 is 0 Å². The third-order valence-corrected chi connectivity index (χ3v) is 6.46. The van der Waals surface area contributed by atoms with E-state index in [2.05, 4.69) is 45.9 Å². The first-order valence-electron chi connectivity index (χ1n) is 7.96. The first kappa shape index (κ1) is 16.0. The monoisotopic (exact) mass is 336 g/mol. The average Bonchev–Trinajstić information content (AvgIpc) is 3.05. The minimum atomic E-state index is 0.988. The SMILES string of the molecule is Cc1scc(-c2nnc(SCCN3CCCCC3)n2C)c1C. The van der Waals surface area contributed by atoms with Gasteiger partial charge in [0.05, 0.1) is 0 Å². The minimum absolute atomic E-state index is 0.988.